The summed E-state index contributed by atoms with van der Waals surface area (Å²) in [4.78, 5) is 0. The van der Waals surface area contributed by atoms with Crippen LogP contribution in [0.1, 0.15) is 27.7 Å². The van der Waals surface area contributed by atoms with Crippen molar-refractivity contribution in [2.45, 2.75) is 27.7 Å². The highest BCUT2D eigenvalue weighted by Gasteiger charge is 2.33. The summed E-state index contributed by atoms with van der Waals surface area (Å²) in [6.45, 7) is 11.1. The molecule has 1 rings (SSSR count). The van der Waals surface area contributed by atoms with E-state index in [2.05, 4.69) is 27.7 Å². The van der Waals surface area contributed by atoms with E-state index in [9.17, 15) is 0 Å². The minimum atomic E-state index is 0.427. The normalized spacial score (nSPS) is 34.8. The molecule has 1 fully saturated rings. The van der Waals surface area contributed by atoms with Crippen LogP contribution >= 0.6 is 0 Å². The van der Waals surface area contributed by atoms with Crippen LogP contribution in [-0.4, -0.2) is 13.2 Å². The zero-order valence-electron chi connectivity index (χ0n) is 7.48. The van der Waals surface area contributed by atoms with Gasteiger partial charge in [-0.3, -0.25) is 0 Å². The van der Waals surface area contributed by atoms with Gasteiger partial charge in [0.1, 0.15) is 0 Å². The topological polar surface area (TPSA) is 9.23 Å². The predicted octanol–water partition coefficient (Wildman–Crippen LogP) is 2.32. The molecule has 1 heterocycles. The molecule has 0 spiro atoms. The summed E-state index contributed by atoms with van der Waals surface area (Å²) in [7, 11) is 0. The van der Waals surface area contributed by atoms with Gasteiger partial charge in [0.2, 0.25) is 0 Å². The first-order valence-corrected chi connectivity index (χ1v) is 4.09. The SMILES string of the molecule is C[C@H]1COC[C@@H]1C(C)(C)C. The summed E-state index contributed by atoms with van der Waals surface area (Å²) in [5.41, 5.74) is 0.427. The minimum Gasteiger partial charge on any atom is -0.381 e. The summed E-state index contributed by atoms with van der Waals surface area (Å²) in [6, 6.07) is 0. The summed E-state index contributed by atoms with van der Waals surface area (Å²) >= 11 is 0. The van der Waals surface area contributed by atoms with Gasteiger partial charge in [0.15, 0.2) is 0 Å². The molecule has 60 valence electrons. The van der Waals surface area contributed by atoms with Crippen LogP contribution in [-0.2, 0) is 4.74 Å². The van der Waals surface area contributed by atoms with Crippen LogP contribution in [0.3, 0.4) is 0 Å². The highest BCUT2D eigenvalue weighted by atomic mass is 16.5. The van der Waals surface area contributed by atoms with Crippen molar-refractivity contribution >= 4 is 0 Å². The molecule has 2 atom stereocenters. The van der Waals surface area contributed by atoms with Crippen molar-refractivity contribution in [1.29, 1.82) is 0 Å². The van der Waals surface area contributed by atoms with Gasteiger partial charge in [0.25, 0.3) is 0 Å². The van der Waals surface area contributed by atoms with Crippen LogP contribution in [0.25, 0.3) is 0 Å². The van der Waals surface area contributed by atoms with Crippen LogP contribution in [0, 0.1) is 17.3 Å². The molecule has 0 N–H and O–H groups in total. The van der Waals surface area contributed by atoms with E-state index < -0.39 is 0 Å². The Morgan fingerprint density at radius 3 is 2.00 bits per heavy atom. The summed E-state index contributed by atoms with van der Waals surface area (Å²) in [6.07, 6.45) is 0. The molecule has 0 aliphatic carbocycles. The molecule has 0 aromatic carbocycles. The maximum atomic E-state index is 5.40. The zero-order chi connectivity index (χ0) is 7.78. The van der Waals surface area contributed by atoms with E-state index in [1.165, 1.54) is 0 Å². The third kappa shape index (κ3) is 1.51. The lowest BCUT2D eigenvalue weighted by Gasteiger charge is -2.28. The Labute approximate surface area is 63.8 Å². The Kier molecular flexibility index (Phi) is 2.04. The van der Waals surface area contributed by atoms with Crippen molar-refractivity contribution in [3.8, 4) is 0 Å². The van der Waals surface area contributed by atoms with Crippen molar-refractivity contribution < 1.29 is 4.74 Å². The first-order chi connectivity index (χ1) is 4.52. The maximum Gasteiger partial charge on any atom is 0.0502 e. The van der Waals surface area contributed by atoms with Gasteiger partial charge < -0.3 is 4.74 Å². The van der Waals surface area contributed by atoms with Gasteiger partial charge >= 0.3 is 0 Å². The fourth-order valence-corrected chi connectivity index (χ4v) is 1.76. The molecule has 1 aliphatic heterocycles. The first kappa shape index (κ1) is 8.06. The van der Waals surface area contributed by atoms with E-state index in [0.717, 1.165) is 25.0 Å². The number of ether oxygens (including phenoxy) is 1. The summed E-state index contributed by atoms with van der Waals surface area (Å²) < 4.78 is 5.40. The Hall–Kier alpha value is -0.0400. The molecule has 1 aliphatic rings. The van der Waals surface area contributed by atoms with Crippen molar-refractivity contribution in [3.05, 3.63) is 0 Å². The summed E-state index contributed by atoms with van der Waals surface area (Å²) in [5, 5.41) is 0. The molecule has 0 radical (unpaired) electrons. The Morgan fingerprint density at radius 1 is 1.20 bits per heavy atom. The molecule has 0 aromatic heterocycles. The van der Waals surface area contributed by atoms with Gasteiger partial charge in [-0.15, -0.1) is 0 Å². The fraction of sp³-hybridized carbons (Fsp3) is 1.00. The van der Waals surface area contributed by atoms with Crippen molar-refractivity contribution in [1.82, 2.24) is 0 Å². The monoisotopic (exact) mass is 142 g/mol. The molecule has 1 saturated heterocycles. The smallest absolute Gasteiger partial charge is 0.0502 e. The lowest BCUT2D eigenvalue weighted by atomic mass is 9.76. The quantitative estimate of drug-likeness (QED) is 0.504. The molecule has 1 heteroatoms. The van der Waals surface area contributed by atoms with Gasteiger partial charge in [0, 0.05) is 6.61 Å². The molecule has 0 bridgehead atoms. The van der Waals surface area contributed by atoms with E-state index in [0.29, 0.717) is 5.41 Å². The predicted molar refractivity (Wildman–Crippen MR) is 42.9 cm³/mol. The molecule has 0 aromatic rings. The molecule has 10 heavy (non-hydrogen) atoms. The molecular formula is C9H18O. The highest BCUT2D eigenvalue weighted by Crippen LogP contribution is 2.35. The Balaban J connectivity index is 2.55. The van der Waals surface area contributed by atoms with Crippen LogP contribution in [0.4, 0.5) is 0 Å². The average Bonchev–Trinajstić information content (AvgIpc) is 2.11. The van der Waals surface area contributed by atoms with Crippen molar-refractivity contribution in [2.75, 3.05) is 13.2 Å². The number of hydrogen-bond acceptors (Lipinski definition) is 1. The standard InChI is InChI=1S/C9H18O/c1-7-5-10-6-8(7)9(2,3)4/h7-8H,5-6H2,1-4H3/t7-,8-/m0/s1. The van der Waals surface area contributed by atoms with Crippen molar-refractivity contribution in [3.63, 3.8) is 0 Å². The van der Waals surface area contributed by atoms with E-state index in [4.69, 9.17) is 4.74 Å². The highest BCUT2D eigenvalue weighted by molar-refractivity contribution is 4.81. The second-order valence-electron chi connectivity index (χ2n) is 4.49. The van der Waals surface area contributed by atoms with Gasteiger partial charge in [-0.2, -0.15) is 0 Å². The third-order valence-electron chi connectivity index (χ3n) is 2.48. The van der Waals surface area contributed by atoms with Gasteiger partial charge in [-0.25, -0.2) is 0 Å². The molecular weight excluding hydrogens is 124 g/mol. The van der Waals surface area contributed by atoms with Crippen LogP contribution in [0.2, 0.25) is 0 Å². The van der Waals surface area contributed by atoms with Gasteiger partial charge in [-0.05, 0) is 17.3 Å². The minimum absolute atomic E-state index is 0.427. The van der Waals surface area contributed by atoms with E-state index >= 15 is 0 Å². The molecule has 0 saturated carbocycles. The number of hydrogen-bond donors (Lipinski definition) is 0. The second kappa shape index (κ2) is 2.54. The average molecular weight is 142 g/mol. The molecule has 1 nitrogen and oxygen atoms in total. The Bertz CT molecular complexity index is 112. The largest absolute Gasteiger partial charge is 0.381 e. The Morgan fingerprint density at radius 2 is 1.80 bits per heavy atom. The summed E-state index contributed by atoms with van der Waals surface area (Å²) in [5.74, 6) is 1.51. The molecule has 0 amide bonds. The van der Waals surface area contributed by atoms with Gasteiger partial charge in [-0.1, -0.05) is 27.7 Å². The van der Waals surface area contributed by atoms with Crippen molar-refractivity contribution in [2.24, 2.45) is 17.3 Å². The van der Waals surface area contributed by atoms with E-state index in [1.54, 1.807) is 0 Å². The van der Waals surface area contributed by atoms with Crippen LogP contribution in [0.5, 0.6) is 0 Å². The molecule has 0 unspecified atom stereocenters. The van der Waals surface area contributed by atoms with E-state index in [1.807, 2.05) is 0 Å². The second-order valence-corrected chi connectivity index (χ2v) is 4.49. The fourth-order valence-electron chi connectivity index (χ4n) is 1.76. The van der Waals surface area contributed by atoms with Gasteiger partial charge in [0.05, 0.1) is 6.61 Å². The lowest BCUT2D eigenvalue weighted by molar-refractivity contribution is 0.151. The maximum absolute atomic E-state index is 5.40. The first-order valence-electron chi connectivity index (χ1n) is 4.09. The third-order valence-corrected chi connectivity index (χ3v) is 2.48. The van der Waals surface area contributed by atoms with Crippen LogP contribution in [0.15, 0.2) is 0 Å². The van der Waals surface area contributed by atoms with E-state index in [-0.39, 0.29) is 0 Å². The zero-order valence-corrected chi connectivity index (χ0v) is 7.48. The lowest BCUT2D eigenvalue weighted by Crippen LogP contribution is -2.25. The number of rotatable bonds is 0. The van der Waals surface area contributed by atoms with Crippen LogP contribution < -0.4 is 0 Å².